The van der Waals surface area contributed by atoms with Crippen molar-refractivity contribution >= 4 is 33.8 Å². The maximum atomic E-state index is 10.7. The van der Waals surface area contributed by atoms with Gasteiger partial charge in [-0.25, -0.2) is 0 Å². The lowest BCUT2D eigenvalue weighted by molar-refractivity contribution is 0.0855. The number of nitrogens with one attached hydrogen (secondary N) is 1. The summed E-state index contributed by atoms with van der Waals surface area (Å²) in [5.41, 5.74) is 1.09. The fourth-order valence-electron chi connectivity index (χ4n) is 2.93. The molecule has 5 heteroatoms. The van der Waals surface area contributed by atoms with Gasteiger partial charge in [-0.15, -0.1) is 23.7 Å². The van der Waals surface area contributed by atoms with Crippen LogP contribution in [-0.4, -0.2) is 42.7 Å². The van der Waals surface area contributed by atoms with Crippen LogP contribution in [0.4, 0.5) is 0 Å². The molecule has 1 saturated heterocycles. The van der Waals surface area contributed by atoms with Gasteiger partial charge in [-0.1, -0.05) is 25.1 Å². The van der Waals surface area contributed by atoms with Gasteiger partial charge in [-0.05, 0) is 28.3 Å². The van der Waals surface area contributed by atoms with Crippen molar-refractivity contribution in [2.75, 3.05) is 32.7 Å². The molecule has 0 radical (unpaired) electrons. The molecule has 3 nitrogen and oxygen atoms in total. The quantitative estimate of drug-likeness (QED) is 0.907. The van der Waals surface area contributed by atoms with E-state index >= 15 is 0 Å². The number of rotatable bonds is 4. The number of nitrogens with zero attached hydrogens (tertiary/aromatic N) is 1. The third-order valence-corrected chi connectivity index (χ3v) is 5.11. The highest BCUT2D eigenvalue weighted by molar-refractivity contribution is 7.17. The van der Waals surface area contributed by atoms with Crippen molar-refractivity contribution in [3.63, 3.8) is 0 Å². The number of fused-ring (bicyclic) bond motifs is 1. The summed E-state index contributed by atoms with van der Waals surface area (Å²) in [6.45, 7) is 7.41. The molecule has 0 aliphatic carbocycles. The zero-order valence-corrected chi connectivity index (χ0v) is 13.9. The van der Waals surface area contributed by atoms with Gasteiger partial charge in [0.2, 0.25) is 0 Å². The van der Waals surface area contributed by atoms with Crippen LogP contribution in [0.25, 0.3) is 10.1 Å². The van der Waals surface area contributed by atoms with Gasteiger partial charge < -0.3 is 15.3 Å². The Morgan fingerprint density at radius 1 is 1.29 bits per heavy atom. The number of hydrogen-bond donors (Lipinski definition) is 2. The number of piperazine rings is 1. The molecule has 2 N–H and O–H groups in total. The lowest BCUT2D eigenvalue weighted by Gasteiger charge is -2.31. The first kappa shape index (κ1) is 16.7. The normalized spacial score (nSPS) is 19.1. The summed E-state index contributed by atoms with van der Waals surface area (Å²) in [6, 6.07) is 8.34. The van der Waals surface area contributed by atoms with E-state index in [2.05, 4.69) is 40.7 Å². The molecule has 0 saturated carbocycles. The minimum atomic E-state index is -0.374. The topological polar surface area (TPSA) is 35.5 Å². The number of thiophene rings is 1. The summed E-state index contributed by atoms with van der Waals surface area (Å²) < 4.78 is 1.26. The molecule has 2 heterocycles. The summed E-state index contributed by atoms with van der Waals surface area (Å²) in [7, 11) is 0. The molecule has 2 unspecified atom stereocenters. The van der Waals surface area contributed by atoms with Crippen molar-refractivity contribution in [3.8, 4) is 0 Å². The minimum absolute atomic E-state index is 0. The minimum Gasteiger partial charge on any atom is -0.388 e. The molecule has 3 rings (SSSR count). The van der Waals surface area contributed by atoms with Crippen molar-refractivity contribution in [2.24, 2.45) is 5.92 Å². The van der Waals surface area contributed by atoms with Crippen molar-refractivity contribution in [1.82, 2.24) is 10.2 Å². The van der Waals surface area contributed by atoms with Gasteiger partial charge in [0.1, 0.15) is 0 Å². The summed E-state index contributed by atoms with van der Waals surface area (Å²) in [4.78, 5) is 2.44. The number of halogens is 1. The molecule has 0 amide bonds. The smallest absolute Gasteiger partial charge is 0.0841 e. The monoisotopic (exact) mass is 326 g/mol. The highest BCUT2D eigenvalue weighted by Crippen LogP contribution is 2.33. The average molecular weight is 327 g/mol. The zero-order chi connectivity index (χ0) is 13.9. The van der Waals surface area contributed by atoms with Crippen molar-refractivity contribution in [2.45, 2.75) is 13.0 Å². The van der Waals surface area contributed by atoms with Gasteiger partial charge in [0.15, 0.2) is 0 Å². The van der Waals surface area contributed by atoms with E-state index in [9.17, 15) is 5.11 Å². The van der Waals surface area contributed by atoms with E-state index in [1.807, 2.05) is 6.07 Å². The van der Waals surface area contributed by atoms with E-state index in [4.69, 9.17) is 0 Å². The summed E-state index contributed by atoms with van der Waals surface area (Å²) >= 11 is 1.72. The molecule has 2 atom stereocenters. The van der Waals surface area contributed by atoms with E-state index in [-0.39, 0.29) is 24.4 Å². The lowest BCUT2D eigenvalue weighted by Crippen LogP contribution is -2.45. The Labute approximate surface area is 136 Å². The largest absolute Gasteiger partial charge is 0.388 e. The second-order valence-electron chi connectivity index (χ2n) is 5.66. The van der Waals surface area contributed by atoms with Crippen LogP contribution in [0.5, 0.6) is 0 Å². The third kappa shape index (κ3) is 3.76. The Kier molecular flexibility index (Phi) is 6.02. The number of aliphatic hydroxyl groups excluding tert-OH is 1. The molecular weight excluding hydrogens is 304 g/mol. The van der Waals surface area contributed by atoms with Gasteiger partial charge in [-0.2, -0.15) is 0 Å². The van der Waals surface area contributed by atoms with Crippen LogP contribution in [0.15, 0.2) is 29.6 Å². The zero-order valence-electron chi connectivity index (χ0n) is 12.3. The maximum absolute atomic E-state index is 10.7. The standard InChI is InChI=1S/C16H22N2OS.ClH/c1-12(10-18-8-6-17-7-9-18)16(19)14-11-20-15-5-3-2-4-13(14)15;/h2-5,11-12,16-17,19H,6-10H2,1H3;1H. The summed E-state index contributed by atoms with van der Waals surface area (Å²) in [5, 5.41) is 17.4. The van der Waals surface area contributed by atoms with E-state index in [0.717, 1.165) is 38.3 Å². The highest BCUT2D eigenvalue weighted by atomic mass is 35.5. The summed E-state index contributed by atoms with van der Waals surface area (Å²) in [6.07, 6.45) is -0.374. The molecule has 1 aromatic carbocycles. The van der Waals surface area contributed by atoms with Crippen LogP contribution >= 0.6 is 23.7 Å². The first-order chi connectivity index (χ1) is 9.75. The van der Waals surface area contributed by atoms with E-state index in [0.29, 0.717) is 0 Å². The number of benzene rings is 1. The molecule has 1 aliphatic heterocycles. The first-order valence-electron chi connectivity index (χ1n) is 7.33. The Balaban J connectivity index is 0.00000161. The van der Waals surface area contributed by atoms with Crippen LogP contribution in [0.1, 0.15) is 18.6 Å². The van der Waals surface area contributed by atoms with Crippen LogP contribution in [0.3, 0.4) is 0 Å². The van der Waals surface area contributed by atoms with E-state index in [1.165, 1.54) is 10.1 Å². The molecule has 2 aromatic rings. The van der Waals surface area contributed by atoms with Crippen molar-refractivity contribution in [3.05, 3.63) is 35.2 Å². The molecular formula is C16H23ClN2OS. The van der Waals surface area contributed by atoms with E-state index in [1.54, 1.807) is 11.3 Å². The molecule has 1 aromatic heterocycles. The van der Waals surface area contributed by atoms with Gasteiger partial charge >= 0.3 is 0 Å². The third-order valence-electron chi connectivity index (χ3n) is 4.12. The Morgan fingerprint density at radius 3 is 2.76 bits per heavy atom. The lowest BCUT2D eigenvalue weighted by atomic mass is 9.96. The molecule has 0 bridgehead atoms. The summed E-state index contributed by atoms with van der Waals surface area (Å²) in [5.74, 6) is 0.256. The number of hydrogen-bond acceptors (Lipinski definition) is 4. The fraction of sp³-hybridized carbons (Fsp3) is 0.500. The van der Waals surface area contributed by atoms with Gasteiger partial charge in [-0.3, -0.25) is 0 Å². The molecule has 1 fully saturated rings. The SMILES string of the molecule is CC(CN1CCNCC1)C(O)c1csc2ccccc12.Cl. The number of aliphatic hydroxyl groups is 1. The fourth-order valence-corrected chi connectivity index (χ4v) is 3.93. The average Bonchev–Trinajstić information content (AvgIpc) is 2.91. The first-order valence-corrected chi connectivity index (χ1v) is 8.21. The molecule has 21 heavy (non-hydrogen) atoms. The van der Waals surface area contributed by atoms with Crippen molar-refractivity contribution < 1.29 is 5.11 Å². The van der Waals surface area contributed by atoms with Gasteiger partial charge in [0, 0.05) is 37.4 Å². The second kappa shape index (κ2) is 7.56. The van der Waals surface area contributed by atoms with Crippen LogP contribution in [-0.2, 0) is 0 Å². The van der Waals surface area contributed by atoms with Gasteiger partial charge in [0.25, 0.3) is 0 Å². The maximum Gasteiger partial charge on any atom is 0.0841 e. The predicted octanol–water partition coefficient (Wildman–Crippen LogP) is 2.90. The highest BCUT2D eigenvalue weighted by Gasteiger charge is 2.22. The molecule has 1 aliphatic rings. The Morgan fingerprint density at radius 2 is 2.00 bits per heavy atom. The van der Waals surface area contributed by atoms with Gasteiger partial charge in [0.05, 0.1) is 6.10 Å². The van der Waals surface area contributed by atoms with Crippen molar-refractivity contribution in [1.29, 1.82) is 0 Å². The Bertz CT molecular complexity index is 568. The predicted molar refractivity (Wildman–Crippen MR) is 92.5 cm³/mol. The second-order valence-corrected chi connectivity index (χ2v) is 6.57. The van der Waals surface area contributed by atoms with Crippen LogP contribution in [0, 0.1) is 5.92 Å². The molecule has 116 valence electrons. The van der Waals surface area contributed by atoms with E-state index < -0.39 is 0 Å². The van der Waals surface area contributed by atoms with Crippen LogP contribution < -0.4 is 5.32 Å². The Hall–Kier alpha value is -0.650. The van der Waals surface area contributed by atoms with Crippen LogP contribution in [0.2, 0.25) is 0 Å². The molecule has 0 spiro atoms.